The largest absolute Gasteiger partial charge is 0.489 e. The lowest BCUT2D eigenvalue weighted by Crippen LogP contribution is -2.38. The van der Waals surface area contributed by atoms with Crippen LogP contribution in [-0.2, 0) is 37.5 Å². The average molecular weight is 712 g/mol. The summed E-state index contributed by atoms with van der Waals surface area (Å²) >= 11 is 0. The minimum atomic E-state index is -0.618. The lowest BCUT2D eigenvalue weighted by atomic mass is 9.66. The summed E-state index contributed by atoms with van der Waals surface area (Å²) < 4.78 is 30.1. The molecule has 280 valence electrons. The maximum absolute atomic E-state index is 9.15. The average Bonchev–Trinajstić information content (AvgIpc) is 3.40. The van der Waals surface area contributed by atoms with E-state index in [1.807, 2.05) is 0 Å². The molecule has 1 aliphatic carbocycles. The van der Waals surface area contributed by atoms with Crippen molar-refractivity contribution in [1.82, 2.24) is 0 Å². The summed E-state index contributed by atoms with van der Waals surface area (Å²) in [5.74, 6) is 0.817. The van der Waals surface area contributed by atoms with Crippen molar-refractivity contribution in [2.75, 3.05) is 99.6 Å². The fourth-order valence-corrected chi connectivity index (χ4v) is 7.21. The highest BCUT2D eigenvalue weighted by atomic mass is 16.5. The van der Waals surface area contributed by atoms with Crippen molar-refractivity contribution in [3.8, 4) is 16.9 Å². The maximum atomic E-state index is 9.15. The highest BCUT2D eigenvalue weighted by Gasteiger charge is 2.47. The van der Waals surface area contributed by atoms with Gasteiger partial charge in [-0.1, -0.05) is 71.8 Å². The molecule has 1 N–H and O–H groups in total. The zero-order valence-corrected chi connectivity index (χ0v) is 32.6. The van der Waals surface area contributed by atoms with Gasteiger partial charge < -0.3 is 38.2 Å². The van der Waals surface area contributed by atoms with Crippen LogP contribution in [0.5, 0.6) is 5.75 Å². The highest BCUT2D eigenvalue weighted by molar-refractivity contribution is 5.87. The monoisotopic (exact) mass is 711 g/mol. The second kappa shape index (κ2) is 17.8. The number of fused-ring (bicyclic) bond motifs is 3. The van der Waals surface area contributed by atoms with Crippen molar-refractivity contribution in [3.63, 3.8) is 0 Å². The molecule has 0 spiro atoms. The molecule has 0 fully saturated rings. The van der Waals surface area contributed by atoms with E-state index in [4.69, 9.17) is 28.8 Å². The first-order valence-electron chi connectivity index (χ1n) is 18.5. The Kier molecular flexibility index (Phi) is 13.5. The van der Waals surface area contributed by atoms with E-state index in [1.165, 1.54) is 50.1 Å². The van der Waals surface area contributed by atoms with Crippen LogP contribution in [0.1, 0.15) is 51.4 Å². The summed E-state index contributed by atoms with van der Waals surface area (Å²) in [6, 6.07) is 27.5. The Labute approximate surface area is 311 Å². The topological polar surface area (TPSA) is 69.6 Å². The fraction of sp³-hybridized carbons (Fsp3) is 0.455. The van der Waals surface area contributed by atoms with Crippen LogP contribution >= 0.6 is 0 Å². The van der Waals surface area contributed by atoms with Gasteiger partial charge in [-0.05, 0) is 71.8 Å². The van der Waals surface area contributed by atoms with Gasteiger partial charge in [-0.2, -0.15) is 0 Å². The zero-order valence-electron chi connectivity index (χ0n) is 32.6. The van der Waals surface area contributed by atoms with Crippen molar-refractivity contribution in [2.45, 2.75) is 39.3 Å². The molecule has 0 radical (unpaired) electrons. The summed E-state index contributed by atoms with van der Waals surface area (Å²) in [6.45, 7) is 12.1. The molecule has 1 aliphatic rings. The van der Waals surface area contributed by atoms with E-state index in [0.29, 0.717) is 52.9 Å². The Morgan fingerprint density at radius 2 is 1.27 bits per heavy atom. The van der Waals surface area contributed by atoms with Gasteiger partial charge in [-0.3, -0.25) is 0 Å². The van der Waals surface area contributed by atoms with Gasteiger partial charge in [-0.15, -0.1) is 0 Å². The normalized spacial score (nSPS) is 13.2. The van der Waals surface area contributed by atoms with Crippen molar-refractivity contribution in [2.24, 2.45) is 0 Å². The van der Waals surface area contributed by atoms with E-state index in [0.717, 1.165) is 34.6 Å². The van der Waals surface area contributed by atoms with Gasteiger partial charge in [0.1, 0.15) is 18.9 Å². The SMILES string of the molecule is CC[N+](C)(C)Cc1ccc(C2(c3ccc(N(C)C)c(OCCOCCOC)c3)c3cc(C)ccc3-c3ccc(C)cc32)cc1COCCOCCO. The number of aliphatic hydroxyl groups is 1. The molecule has 0 saturated heterocycles. The molecular formula is C44H59N2O6+. The van der Waals surface area contributed by atoms with Crippen LogP contribution in [0, 0.1) is 13.8 Å². The first-order valence-corrected chi connectivity index (χ1v) is 18.5. The molecule has 0 aromatic heterocycles. The lowest BCUT2D eigenvalue weighted by molar-refractivity contribution is -0.901. The van der Waals surface area contributed by atoms with Crippen molar-refractivity contribution < 1.29 is 33.3 Å². The van der Waals surface area contributed by atoms with E-state index < -0.39 is 5.41 Å². The molecule has 0 aliphatic heterocycles. The molecule has 0 heterocycles. The molecule has 5 rings (SSSR count). The fourth-order valence-electron chi connectivity index (χ4n) is 7.21. The first-order chi connectivity index (χ1) is 25.0. The Morgan fingerprint density at radius 1 is 0.673 bits per heavy atom. The number of anilines is 1. The molecule has 8 nitrogen and oxygen atoms in total. The third-order valence-corrected chi connectivity index (χ3v) is 10.2. The Bertz CT molecular complexity index is 1730. The molecule has 4 aromatic rings. The number of aryl methyl sites for hydroxylation is 2. The zero-order chi connectivity index (χ0) is 37.3. The summed E-state index contributed by atoms with van der Waals surface area (Å²) in [5, 5.41) is 9.15. The Morgan fingerprint density at radius 3 is 1.90 bits per heavy atom. The van der Waals surface area contributed by atoms with Crippen LogP contribution < -0.4 is 9.64 Å². The smallest absolute Gasteiger partial charge is 0.143 e. The van der Waals surface area contributed by atoms with E-state index in [1.54, 1.807) is 7.11 Å². The standard InChI is InChI=1S/C44H59N2O6/c1-9-46(6,7)30-34-12-13-36(28-35(34)31-51-23-22-49-19-18-47)44(40-26-32(2)10-15-38(40)39-16-11-33(3)27-41(39)44)37-14-17-42(45(4)5)43(29-37)52-25-24-50-21-20-48-8/h10-17,26-29,47H,9,18-25,30-31H2,1-8H3/q+1. The van der Waals surface area contributed by atoms with E-state index >= 15 is 0 Å². The number of methoxy groups -OCH3 is 1. The molecular weight excluding hydrogens is 652 g/mol. The van der Waals surface area contributed by atoms with Crippen LogP contribution in [0.4, 0.5) is 5.69 Å². The highest BCUT2D eigenvalue weighted by Crippen LogP contribution is 2.57. The maximum Gasteiger partial charge on any atom is 0.143 e. The molecule has 8 heteroatoms. The van der Waals surface area contributed by atoms with Gasteiger partial charge in [0.15, 0.2) is 0 Å². The minimum absolute atomic E-state index is 0.00460. The van der Waals surface area contributed by atoms with Gasteiger partial charge in [0.2, 0.25) is 0 Å². The third kappa shape index (κ3) is 8.71. The second-order valence-corrected chi connectivity index (χ2v) is 14.7. The van der Waals surface area contributed by atoms with E-state index in [-0.39, 0.29) is 6.61 Å². The van der Waals surface area contributed by atoms with Gasteiger partial charge in [0.05, 0.1) is 84.6 Å². The third-order valence-electron chi connectivity index (χ3n) is 10.2. The van der Waals surface area contributed by atoms with Gasteiger partial charge in [0.25, 0.3) is 0 Å². The minimum Gasteiger partial charge on any atom is -0.489 e. The quantitative estimate of drug-likeness (QED) is 0.0697. The first kappa shape index (κ1) is 39.4. The molecule has 0 unspecified atom stereocenters. The van der Waals surface area contributed by atoms with Crippen LogP contribution in [0.2, 0.25) is 0 Å². The second-order valence-electron chi connectivity index (χ2n) is 14.7. The van der Waals surface area contributed by atoms with E-state index in [9.17, 15) is 0 Å². The molecule has 0 bridgehead atoms. The van der Waals surface area contributed by atoms with Gasteiger partial charge in [-0.25, -0.2) is 0 Å². The number of nitrogens with zero attached hydrogens (tertiary/aromatic N) is 2. The summed E-state index contributed by atoms with van der Waals surface area (Å²) in [7, 11) is 10.3. The number of ether oxygens (including phenoxy) is 5. The molecule has 4 aromatic carbocycles. The Balaban J connectivity index is 1.71. The number of benzene rings is 4. The molecule has 52 heavy (non-hydrogen) atoms. The number of aliphatic hydroxyl groups excluding tert-OH is 1. The van der Waals surface area contributed by atoms with Crippen LogP contribution in [0.3, 0.4) is 0 Å². The van der Waals surface area contributed by atoms with E-state index in [2.05, 4.69) is 127 Å². The van der Waals surface area contributed by atoms with Crippen molar-refractivity contribution in [1.29, 1.82) is 0 Å². The summed E-state index contributed by atoms with van der Waals surface area (Å²) in [6.07, 6.45) is 0. The lowest BCUT2D eigenvalue weighted by Gasteiger charge is -2.36. The van der Waals surface area contributed by atoms with Crippen LogP contribution in [0.25, 0.3) is 11.1 Å². The van der Waals surface area contributed by atoms with Gasteiger partial charge >= 0.3 is 0 Å². The van der Waals surface area contributed by atoms with Crippen LogP contribution in [-0.4, -0.2) is 104 Å². The Hall–Kier alpha value is -3.76. The molecule has 0 amide bonds. The summed E-state index contributed by atoms with van der Waals surface area (Å²) in [4.78, 5) is 2.10. The number of hydrogen-bond donors (Lipinski definition) is 1. The number of hydrogen-bond acceptors (Lipinski definition) is 7. The molecule has 0 atom stereocenters. The van der Waals surface area contributed by atoms with Gasteiger partial charge in [0, 0.05) is 26.8 Å². The summed E-state index contributed by atoms with van der Waals surface area (Å²) in [5.41, 5.74) is 12.6. The predicted molar refractivity (Wildman–Crippen MR) is 210 cm³/mol. The number of rotatable bonds is 20. The molecule has 0 saturated carbocycles. The van der Waals surface area contributed by atoms with Crippen LogP contribution in [0.15, 0.2) is 72.8 Å². The van der Waals surface area contributed by atoms with Crippen molar-refractivity contribution >= 4 is 5.69 Å². The van der Waals surface area contributed by atoms with Crippen molar-refractivity contribution in [3.05, 3.63) is 117 Å². The number of quaternary nitrogens is 1. The predicted octanol–water partition coefficient (Wildman–Crippen LogP) is 6.90.